The molecule has 1 aromatic carbocycles. The molecule has 2 rings (SSSR count). The largest absolute Gasteiger partial charge is 0.396 e. The molecule has 4 heteroatoms. The number of benzene rings is 1. The molecular formula is C31H58O4. The summed E-state index contributed by atoms with van der Waals surface area (Å²) in [6.07, 6.45) is 21.3. The zero-order valence-electron chi connectivity index (χ0n) is 23.6. The lowest BCUT2D eigenvalue weighted by atomic mass is 10.0. The Hall–Kier alpha value is -0.940. The van der Waals surface area contributed by atoms with Crippen LogP contribution in [0.4, 0.5) is 0 Å². The van der Waals surface area contributed by atoms with Crippen LogP contribution in [0.2, 0.25) is 0 Å². The summed E-state index contributed by atoms with van der Waals surface area (Å²) in [4.78, 5) is 0. The smallest absolute Gasteiger partial charge is 0.157 e. The normalized spacial score (nSPS) is 16.8. The third kappa shape index (κ3) is 22.0. The number of methoxy groups -OCH3 is 1. The first-order valence-electron chi connectivity index (χ1n) is 14.7. The molecule has 0 aliphatic carbocycles. The fourth-order valence-electron chi connectivity index (χ4n) is 4.16. The van der Waals surface area contributed by atoms with Crippen molar-refractivity contribution in [3.63, 3.8) is 0 Å². The van der Waals surface area contributed by atoms with Gasteiger partial charge in [-0.25, -0.2) is 0 Å². The SMILES string of the molecule is CC.CCCCCCCCCCCCCCCCO.COC1CCC(COCc2ccccc2)O1. The molecule has 4 nitrogen and oxygen atoms in total. The van der Waals surface area contributed by atoms with Crippen LogP contribution in [-0.4, -0.2) is 37.8 Å². The van der Waals surface area contributed by atoms with Crippen molar-refractivity contribution in [2.75, 3.05) is 20.3 Å². The number of ether oxygens (including phenoxy) is 3. The molecule has 1 fully saturated rings. The van der Waals surface area contributed by atoms with E-state index in [1.165, 1.54) is 89.0 Å². The van der Waals surface area contributed by atoms with Crippen molar-refractivity contribution >= 4 is 0 Å². The highest BCUT2D eigenvalue weighted by Gasteiger charge is 2.24. The van der Waals surface area contributed by atoms with Crippen molar-refractivity contribution in [1.29, 1.82) is 0 Å². The molecule has 2 unspecified atom stereocenters. The first-order chi connectivity index (χ1) is 17.3. The summed E-state index contributed by atoms with van der Waals surface area (Å²) in [6, 6.07) is 10.2. The van der Waals surface area contributed by atoms with Gasteiger partial charge < -0.3 is 19.3 Å². The fraction of sp³-hybridized carbons (Fsp3) is 0.806. The summed E-state index contributed by atoms with van der Waals surface area (Å²) >= 11 is 0. The first kappa shape index (κ1) is 34.1. The van der Waals surface area contributed by atoms with Gasteiger partial charge in [0, 0.05) is 20.1 Å². The number of hydrogen-bond donors (Lipinski definition) is 1. The number of hydrogen-bond acceptors (Lipinski definition) is 4. The summed E-state index contributed by atoms with van der Waals surface area (Å²) in [7, 11) is 1.68. The average Bonchev–Trinajstić information content (AvgIpc) is 3.37. The molecule has 1 heterocycles. The monoisotopic (exact) mass is 494 g/mol. The van der Waals surface area contributed by atoms with E-state index in [1.54, 1.807) is 7.11 Å². The van der Waals surface area contributed by atoms with Crippen molar-refractivity contribution < 1.29 is 19.3 Å². The number of unbranched alkanes of at least 4 members (excludes halogenated alkanes) is 13. The van der Waals surface area contributed by atoms with Crippen LogP contribution in [0.25, 0.3) is 0 Å². The molecule has 2 atom stereocenters. The number of aliphatic hydroxyl groups excluding tert-OH is 1. The Balaban J connectivity index is 0.000000617. The van der Waals surface area contributed by atoms with Gasteiger partial charge in [0.05, 0.1) is 19.3 Å². The standard InChI is InChI=1S/C16H34O.C13H18O3.C2H6/c1-2-3-4-5-6-7-8-9-10-11-12-13-14-15-16-17;1-14-13-8-7-12(16-13)10-15-9-11-5-3-2-4-6-11;1-2/h17H,2-16H2,1H3;2-6,12-13H,7-10H2,1H3;1-2H3. The lowest BCUT2D eigenvalue weighted by Gasteiger charge is -2.12. The van der Waals surface area contributed by atoms with Crippen molar-refractivity contribution in [2.24, 2.45) is 0 Å². The van der Waals surface area contributed by atoms with E-state index in [2.05, 4.69) is 19.1 Å². The van der Waals surface area contributed by atoms with Gasteiger partial charge in [-0.1, -0.05) is 135 Å². The Morgan fingerprint density at radius 2 is 1.29 bits per heavy atom. The maximum Gasteiger partial charge on any atom is 0.157 e. The number of rotatable bonds is 19. The van der Waals surface area contributed by atoms with E-state index >= 15 is 0 Å². The first-order valence-corrected chi connectivity index (χ1v) is 14.7. The van der Waals surface area contributed by atoms with Crippen LogP contribution >= 0.6 is 0 Å². The molecule has 0 spiro atoms. The van der Waals surface area contributed by atoms with Crippen molar-refractivity contribution in [3.8, 4) is 0 Å². The Morgan fingerprint density at radius 1 is 0.771 bits per heavy atom. The van der Waals surface area contributed by atoms with Crippen LogP contribution in [0.1, 0.15) is 129 Å². The molecule has 1 N–H and O–H groups in total. The molecule has 1 saturated heterocycles. The van der Waals surface area contributed by atoms with Crippen molar-refractivity contribution in [1.82, 2.24) is 0 Å². The second-order valence-electron chi connectivity index (χ2n) is 9.32. The van der Waals surface area contributed by atoms with E-state index < -0.39 is 0 Å². The van der Waals surface area contributed by atoms with Gasteiger partial charge in [-0.3, -0.25) is 0 Å². The quantitative estimate of drug-likeness (QED) is 0.195. The van der Waals surface area contributed by atoms with E-state index in [0.717, 1.165) is 19.3 Å². The minimum Gasteiger partial charge on any atom is -0.396 e. The maximum atomic E-state index is 8.64. The van der Waals surface area contributed by atoms with Crippen LogP contribution < -0.4 is 0 Å². The second kappa shape index (κ2) is 27.6. The molecule has 206 valence electrons. The zero-order valence-corrected chi connectivity index (χ0v) is 23.6. The van der Waals surface area contributed by atoms with Gasteiger partial charge in [0.25, 0.3) is 0 Å². The van der Waals surface area contributed by atoms with Crippen molar-refractivity contribution in [3.05, 3.63) is 35.9 Å². The fourth-order valence-corrected chi connectivity index (χ4v) is 4.16. The van der Waals surface area contributed by atoms with E-state index in [-0.39, 0.29) is 12.4 Å². The molecule has 0 radical (unpaired) electrons. The Bertz CT molecular complexity index is 494. The van der Waals surface area contributed by atoms with Crippen LogP contribution in [0.3, 0.4) is 0 Å². The molecular weight excluding hydrogens is 436 g/mol. The molecule has 0 bridgehead atoms. The van der Waals surface area contributed by atoms with Crippen LogP contribution in [0.5, 0.6) is 0 Å². The Morgan fingerprint density at radius 3 is 1.74 bits per heavy atom. The predicted octanol–water partition coefficient (Wildman–Crippen LogP) is 8.84. The highest BCUT2D eigenvalue weighted by molar-refractivity contribution is 5.13. The number of aliphatic hydroxyl groups is 1. The second-order valence-corrected chi connectivity index (χ2v) is 9.32. The van der Waals surface area contributed by atoms with E-state index in [0.29, 0.717) is 19.8 Å². The average molecular weight is 495 g/mol. The maximum absolute atomic E-state index is 8.64. The topological polar surface area (TPSA) is 47.9 Å². The highest BCUT2D eigenvalue weighted by atomic mass is 16.7. The molecule has 0 aromatic heterocycles. The third-order valence-electron chi connectivity index (χ3n) is 6.26. The molecule has 0 amide bonds. The molecule has 1 aliphatic heterocycles. The molecule has 1 aromatic rings. The lowest BCUT2D eigenvalue weighted by Crippen LogP contribution is -2.17. The van der Waals surface area contributed by atoms with Gasteiger partial charge in [0.1, 0.15) is 0 Å². The minimum absolute atomic E-state index is 0.0367. The summed E-state index contributed by atoms with van der Waals surface area (Å²) in [5.41, 5.74) is 1.20. The summed E-state index contributed by atoms with van der Waals surface area (Å²) in [6.45, 7) is 7.95. The van der Waals surface area contributed by atoms with E-state index in [9.17, 15) is 0 Å². The van der Waals surface area contributed by atoms with Gasteiger partial charge >= 0.3 is 0 Å². The molecule has 35 heavy (non-hydrogen) atoms. The third-order valence-corrected chi connectivity index (χ3v) is 6.26. The van der Waals surface area contributed by atoms with Crippen LogP contribution in [-0.2, 0) is 20.8 Å². The van der Waals surface area contributed by atoms with Crippen LogP contribution in [0.15, 0.2) is 30.3 Å². The van der Waals surface area contributed by atoms with Crippen molar-refractivity contribution in [2.45, 2.75) is 143 Å². The molecule has 0 saturated carbocycles. The summed E-state index contributed by atoms with van der Waals surface area (Å²) in [5.74, 6) is 0. The van der Waals surface area contributed by atoms with E-state index in [1.807, 2.05) is 32.0 Å². The Labute approximate surface area is 218 Å². The van der Waals surface area contributed by atoms with Gasteiger partial charge in [-0.2, -0.15) is 0 Å². The summed E-state index contributed by atoms with van der Waals surface area (Å²) in [5, 5.41) is 8.64. The highest BCUT2D eigenvalue weighted by Crippen LogP contribution is 2.20. The lowest BCUT2D eigenvalue weighted by molar-refractivity contribution is -0.129. The summed E-state index contributed by atoms with van der Waals surface area (Å²) < 4.78 is 16.3. The minimum atomic E-state index is -0.0367. The van der Waals surface area contributed by atoms with E-state index in [4.69, 9.17) is 19.3 Å². The van der Waals surface area contributed by atoms with Gasteiger partial charge in [-0.05, 0) is 18.4 Å². The van der Waals surface area contributed by atoms with Gasteiger partial charge in [-0.15, -0.1) is 0 Å². The Kier molecular flexibility index (Phi) is 26.9. The van der Waals surface area contributed by atoms with Gasteiger partial charge in [0.2, 0.25) is 0 Å². The molecule has 1 aliphatic rings. The predicted molar refractivity (Wildman–Crippen MR) is 150 cm³/mol. The van der Waals surface area contributed by atoms with Gasteiger partial charge in [0.15, 0.2) is 6.29 Å². The van der Waals surface area contributed by atoms with Crippen LogP contribution in [0, 0.1) is 0 Å². The zero-order chi connectivity index (χ0) is 25.8.